The summed E-state index contributed by atoms with van der Waals surface area (Å²) in [6.45, 7) is 1.52. The first-order valence-corrected chi connectivity index (χ1v) is 5.74. The highest BCUT2D eigenvalue weighted by molar-refractivity contribution is 7.91. The summed E-state index contributed by atoms with van der Waals surface area (Å²) in [6, 6.07) is 1.27. The molecule has 4 N–H and O–H groups in total. The number of carboxylic acid groups (broad SMARTS) is 1. The fourth-order valence-corrected chi connectivity index (χ4v) is 2.88. The lowest BCUT2D eigenvalue weighted by molar-refractivity contribution is 0.0701. The van der Waals surface area contributed by atoms with Crippen molar-refractivity contribution in [1.29, 1.82) is 0 Å². The highest BCUT2D eigenvalue weighted by atomic mass is 32.2. The summed E-state index contributed by atoms with van der Waals surface area (Å²) in [4.78, 5) is 12.2. The van der Waals surface area contributed by atoms with Crippen LogP contribution in [-0.2, 0) is 10.0 Å². The van der Waals surface area contributed by atoms with Gasteiger partial charge >= 0.3 is 5.97 Å². The van der Waals surface area contributed by atoms with Crippen LogP contribution in [0.25, 0.3) is 0 Å². The molecule has 0 saturated heterocycles. The number of carbonyl (C=O) groups is 1. The predicted molar refractivity (Wildman–Crippen MR) is 50.5 cm³/mol. The first-order chi connectivity index (χ1) is 6.38. The third-order valence-electron chi connectivity index (χ3n) is 1.51. The maximum Gasteiger partial charge on any atom is 0.346 e. The maximum absolute atomic E-state index is 11.2. The second-order valence-corrected chi connectivity index (χ2v) is 5.50. The average molecular weight is 236 g/mol. The van der Waals surface area contributed by atoms with Gasteiger partial charge < -0.3 is 5.11 Å². The summed E-state index contributed by atoms with van der Waals surface area (Å²) in [5.41, 5.74) is 0.399. The van der Waals surface area contributed by atoms with E-state index in [4.69, 9.17) is 10.9 Å². The first kappa shape index (κ1) is 11.1. The number of carboxylic acids is 1. The second kappa shape index (κ2) is 3.65. The number of aryl methyl sites for hydroxylation is 1. The molecule has 0 amide bonds. The van der Waals surface area contributed by atoms with Crippen molar-refractivity contribution >= 4 is 27.3 Å². The van der Waals surface area contributed by atoms with Gasteiger partial charge in [-0.1, -0.05) is 0 Å². The van der Waals surface area contributed by atoms with Crippen LogP contribution in [0.3, 0.4) is 0 Å². The molecule has 0 unspecified atom stereocenters. The van der Waals surface area contributed by atoms with E-state index in [0.717, 1.165) is 0 Å². The number of sulfonamides is 1. The van der Waals surface area contributed by atoms with Gasteiger partial charge in [-0.15, -0.1) is 16.2 Å². The smallest absolute Gasteiger partial charge is 0.346 e. The van der Waals surface area contributed by atoms with Crippen LogP contribution >= 0.6 is 11.3 Å². The van der Waals surface area contributed by atoms with E-state index < -0.39 is 16.0 Å². The minimum atomic E-state index is -3.75. The highest BCUT2D eigenvalue weighted by Crippen LogP contribution is 2.25. The van der Waals surface area contributed by atoms with Crippen molar-refractivity contribution in [2.75, 3.05) is 0 Å². The Kier molecular flexibility index (Phi) is 2.90. The van der Waals surface area contributed by atoms with Crippen LogP contribution in [-0.4, -0.2) is 19.5 Å². The number of nitrogens with two attached hydrogens (primary N) is 1. The average Bonchev–Trinajstić information content (AvgIpc) is 2.48. The molecule has 14 heavy (non-hydrogen) atoms. The maximum atomic E-state index is 11.2. The highest BCUT2D eigenvalue weighted by Gasteiger charge is 2.20. The number of hydrogen-bond donors (Lipinski definition) is 3. The van der Waals surface area contributed by atoms with E-state index in [1.54, 1.807) is 4.83 Å². The van der Waals surface area contributed by atoms with Crippen molar-refractivity contribution in [3.63, 3.8) is 0 Å². The van der Waals surface area contributed by atoms with E-state index in [2.05, 4.69) is 0 Å². The Morgan fingerprint density at radius 1 is 1.64 bits per heavy atom. The van der Waals surface area contributed by atoms with E-state index in [1.807, 2.05) is 0 Å². The number of hydrogen-bond acceptors (Lipinski definition) is 5. The summed E-state index contributed by atoms with van der Waals surface area (Å²) in [5.74, 6) is 3.65. The van der Waals surface area contributed by atoms with Crippen LogP contribution in [0.4, 0.5) is 0 Å². The van der Waals surface area contributed by atoms with Crippen LogP contribution in [0.1, 0.15) is 15.2 Å². The van der Waals surface area contributed by atoms with Gasteiger partial charge in [0.05, 0.1) is 0 Å². The molecule has 0 atom stereocenters. The van der Waals surface area contributed by atoms with Gasteiger partial charge in [0.15, 0.2) is 0 Å². The largest absolute Gasteiger partial charge is 0.477 e. The molecular formula is C6H8N2O4S2. The van der Waals surface area contributed by atoms with E-state index in [0.29, 0.717) is 16.9 Å². The minimum absolute atomic E-state index is 0.00109. The zero-order chi connectivity index (χ0) is 10.9. The molecule has 0 fully saturated rings. The summed E-state index contributed by atoms with van der Waals surface area (Å²) >= 11 is 0.669. The van der Waals surface area contributed by atoms with Gasteiger partial charge in [-0.2, -0.15) is 0 Å². The monoisotopic (exact) mass is 236 g/mol. The molecule has 1 aromatic rings. The molecule has 0 aliphatic heterocycles. The Hall–Kier alpha value is -0.960. The Morgan fingerprint density at radius 3 is 2.57 bits per heavy atom. The van der Waals surface area contributed by atoms with E-state index in [-0.39, 0.29) is 9.09 Å². The van der Waals surface area contributed by atoms with Gasteiger partial charge in [0.25, 0.3) is 10.0 Å². The second-order valence-electron chi connectivity index (χ2n) is 2.50. The third-order valence-corrected chi connectivity index (χ3v) is 4.40. The van der Waals surface area contributed by atoms with Gasteiger partial charge in [-0.25, -0.2) is 13.2 Å². The number of nitrogens with one attached hydrogen (secondary N) is 1. The molecule has 0 spiro atoms. The molecule has 0 aromatic carbocycles. The van der Waals surface area contributed by atoms with Crippen LogP contribution in [0, 0.1) is 6.92 Å². The summed E-state index contributed by atoms with van der Waals surface area (Å²) < 4.78 is 22.2. The van der Waals surface area contributed by atoms with Crippen molar-refractivity contribution in [1.82, 2.24) is 4.83 Å². The van der Waals surface area contributed by atoms with E-state index in [1.165, 1.54) is 13.0 Å². The summed E-state index contributed by atoms with van der Waals surface area (Å²) in [5, 5.41) is 8.68. The van der Waals surface area contributed by atoms with Crippen molar-refractivity contribution in [3.8, 4) is 0 Å². The quantitative estimate of drug-likeness (QED) is 0.501. The van der Waals surface area contributed by atoms with Gasteiger partial charge in [0.1, 0.15) is 9.09 Å². The normalized spacial score (nSPS) is 11.6. The van der Waals surface area contributed by atoms with E-state index in [9.17, 15) is 13.2 Å². The Labute approximate surface area is 84.4 Å². The van der Waals surface area contributed by atoms with Crippen LogP contribution < -0.4 is 10.7 Å². The SMILES string of the molecule is Cc1cc(S(=O)(=O)NN)sc1C(=O)O. The fraction of sp³-hybridized carbons (Fsp3) is 0.167. The number of aromatic carboxylic acids is 1. The molecule has 0 aliphatic rings. The zero-order valence-electron chi connectivity index (χ0n) is 7.14. The van der Waals surface area contributed by atoms with Crippen molar-refractivity contribution in [2.45, 2.75) is 11.1 Å². The predicted octanol–water partition coefficient (Wildman–Crippen LogP) is -0.0933. The molecule has 1 aromatic heterocycles. The molecule has 0 radical (unpaired) electrons. The molecule has 0 saturated carbocycles. The minimum Gasteiger partial charge on any atom is -0.477 e. The fourth-order valence-electron chi connectivity index (χ4n) is 0.856. The molecule has 0 bridgehead atoms. The molecule has 0 aliphatic carbocycles. The lowest BCUT2D eigenvalue weighted by Crippen LogP contribution is -2.29. The third kappa shape index (κ3) is 1.93. The molecule has 78 valence electrons. The molecule has 1 heterocycles. The van der Waals surface area contributed by atoms with Gasteiger partial charge in [-0.3, -0.25) is 5.84 Å². The molecular weight excluding hydrogens is 228 g/mol. The standard InChI is InChI=1S/C6H8N2O4S2/c1-3-2-4(14(11,12)8-7)13-5(3)6(9)10/h2,8H,7H2,1H3,(H,9,10). The van der Waals surface area contributed by atoms with Crippen molar-refractivity contribution in [3.05, 3.63) is 16.5 Å². The number of thiophene rings is 1. The Balaban J connectivity index is 3.29. The van der Waals surface area contributed by atoms with Crippen molar-refractivity contribution < 1.29 is 18.3 Å². The number of hydrazine groups is 1. The Morgan fingerprint density at radius 2 is 2.21 bits per heavy atom. The van der Waals surface area contributed by atoms with Crippen molar-refractivity contribution in [2.24, 2.45) is 5.84 Å². The summed E-state index contributed by atoms with van der Waals surface area (Å²) in [6.07, 6.45) is 0. The Bertz CT molecular complexity index is 462. The first-order valence-electron chi connectivity index (χ1n) is 3.44. The lowest BCUT2D eigenvalue weighted by Gasteiger charge is -1.95. The van der Waals surface area contributed by atoms with Gasteiger partial charge in [0.2, 0.25) is 0 Å². The number of rotatable bonds is 3. The van der Waals surface area contributed by atoms with Crippen LogP contribution in [0.5, 0.6) is 0 Å². The van der Waals surface area contributed by atoms with Gasteiger partial charge in [0, 0.05) is 0 Å². The van der Waals surface area contributed by atoms with Crippen LogP contribution in [0.15, 0.2) is 10.3 Å². The molecule has 6 nitrogen and oxygen atoms in total. The molecule has 1 rings (SSSR count). The summed E-state index contributed by atoms with van der Waals surface area (Å²) in [7, 11) is -3.75. The molecule has 8 heteroatoms. The van der Waals surface area contributed by atoms with Gasteiger partial charge in [-0.05, 0) is 18.6 Å². The lowest BCUT2D eigenvalue weighted by atomic mass is 10.3. The van der Waals surface area contributed by atoms with E-state index >= 15 is 0 Å². The van der Waals surface area contributed by atoms with Crippen LogP contribution in [0.2, 0.25) is 0 Å². The topological polar surface area (TPSA) is 109 Å². The zero-order valence-corrected chi connectivity index (χ0v) is 8.78.